The van der Waals surface area contributed by atoms with Gasteiger partial charge in [-0.1, -0.05) is 24.6 Å². The standard InChI is InChI=1S/C16H20ClN3O/c1-2-5-15(21)19-13-7-4-9-20(11-13)16-12(10-18)6-3-8-14(16)17/h3,6,8,13H,2,4-5,7,9,11H2,1H3,(H,19,21). The molecule has 0 aliphatic carbocycles. The van der Waals surface area contributed by atoms with E-state index in [1.54, 1.807) is 18.2 Å². The summed E-state index contributed by atoms with van der Waals surface area (Å²) in [6.07, 6.45) is 3.36. The van der Waals surface area contributed by atoms with Gasteiger partial charge in [0.05, 0.1) is 16.3 Å². The lowest BCUT2D eigenvalue weighted by molar-refractivity contribution is -0.121. The molecular weight excluding hydrogens is 286 g/mol. The summed E-state index contributed by atoms with van der Waals surface area (Å²) >= 11 is 6.26. The SMILES string of the molecule is CCCC(=O)NC1CCCN(c2c(Cl)cccc2C#N)C1. The molecule has 1 atom stereocenters. The topological polar surface area (TPSA) is 56.1 Å². The molecule has 4 nitrogen and oxygen atoms in total. The quantitative estimate of drug-likeness (QED) is 0.930. The Kier molecular flexibility index (Phi) is 5.46. The molecule has 1 aromatic rings. The van der Waals surface area contributed by atoms with Crippen LogP contribution in [0.1, 0.15) is 38.2 Å². The van der Waals surface area contributed by atoms with Crippen LogP contribution in [0.2, 0.25) is 5.02 Å². The Morgan fingerprint density at radius 3 is 3.10 bits per heavy atom. The van der Waals surface area contributed by atoms with Crippen LogP contribution in [-0.4, -0.2) is 25.0 Å². The predicted octanol–water partition coefficient (Wildman–Crippen LogP) is 3.10. The molecule has 0 saturated carbocycles. The molecule has 1 N–H and O–H groups in total. The molecule has 5 heteroatoms. The average molecular weight is 306 g/mol. The molecule has 1 aliphatic heterocycles. The largest absolute Gasteiger partial charge is 0.367 e. The maximum absolute atomic E-state index is 11.7. The Bertz CT molecular complexity index is 553. The Balaban J connectivity index is 2.11. The Hall–Kier alpha value is -1.73. The van der Waals surface area contributed by atoms with E-state index < -0.39 is 0 Å². The van der Waals surface area contributed by atoms with Crippen LogP contribution < -0.4 is 10.2 Å². The first-order valence-corrected chi connectivity index (χ1v) is 7.76. The minimum absolute atomic E-state index is 0.101. The summed E-state index contributed by atoms with van der Waals surface area (Å²) in [6.45, 7) is 3.56. The minimum Gasteiger partial charge on any atom is -0.367 e. The van der Waals surface area contributed by atoms with Crippen molar-refractivity contribution in [3.8, 4) is 6.07 Å². The highest BCUT2D eigenvalue weighted by atomic mass is 35.5. The van der Waals surface area contributed by atoms with Gasteiger partial charge in [-0.05, 0) is 31.4 Å². The zero-order valence-corrected chi connectivity index (χ0v) is 13.0. The van der Waals surface area contributed by atoms with Gasteiger partial charge in [-0.3, -0.25) is 4.79 Å². The molecule has 1 saturated heterocycles. The Labute approximate surface area is 130 Å². The fourth-order valence-electron chi connectivity index (χ4n) is 2.75. The van der Waals surface area contributed by atoms with E-state index in [0.29, 0.717) is 23.6 Å². The zero-order valence-electron chi connectivity index (χ0n) is 12.2. The summed E-state index contributed by atoms with van der Waals surface area (Å²) in [4.78, 5) is 13.8. The lowest BCUT2D eigenvalue weighted by Crippen LogP contribution is -2.48. The van der Waals surface area contributed by atoms with Crippen LogP contribution in [0.3, 0.4) is 0 Å². The van der Waals surface area contributed by atoms with Gasteiger partial charge in [0.2, 0.25) is 5.91 Å². The Morgan fingerprint density at radius 1 is 1.57 bits per heavy atom. The van der Waals surface area contributed by atoms with Crippen molar-refractivity contribution < 1.29 is 4.79 Å². The summed E-state index contributed by atoms with van der Waals surface area (Å²) in [5.74, 6) is 0.101. The number of rotatable bonds is 4. The van der Waals surface area contributed by atoms with Gasteiger partial charge in [-0.15, -0.1) is 0 Å². The summed E-state index contributed by atoms with van der Waals surface area (Å²) < 4.78 is 0. The van der Waals surface area contributed by atoms with E-state index in [2.05, 4.69) is 16.3 Å². The van der Waals surface area contributed by atoms with E-state index in [9.17, 15) is 10.1 Å². The van der Waals surface area contributed by atoms with E-state index in [-0.39, 0.29) is 11.9 Å². The number of hydrogen-bond acceptors (Lipinski definition) is 3. The molecule has 0 spiro atoms. The first kappa shape index (κ1) is 15.7. The molecule has 1 aliphatic rings. The normalized spacial score (nSPS) is 18.1. The van der Waals surface area contributed by atoms with Crippen molar-refractivity contribution in [2.24, 2.45) is 0 Å². The fraction of sp³-hybridized carbons (Fsp3) is 0.500. The van der Waals surface area contributed by atoms with Crippen LogP contribution in [0.15, 0.2) is 18.2 Å². The number of anilines is 1. The van der Waals surface area contributed by atoms with Gasteiger partial charge in [0.1, 0.15) is 6.07 Å². The monoisotopic (exact) mass is 305 g/mol. The molecule has 0 aromatic heterocycles. The molecule has 1 heterocycles. The second-order valence-electron chi connectivity index (χ2n) is 5.35. The van der Waals surface area contributed by atoms with Gasteiger partial charge in [0.15, 0.2) is 0 Å². The minimum atomic E-state index is 0.101. The molecule has 0 bridgehead atoms. The first-order chi connectivity index (χ1) is 10.2. The van der Waals surface area contributed by atoms with Gasteiger partial charge in [-0.25, -0.2) is 0 Å². The smallest absolute Gasteiger partial charge is 0.220 e. The van der Waals surface area contributed by atoms with Crippen LogP contribution in [0.4, 0.5) is 5.69 Å². The number of carbonyl (C=O) groups excluding carboxylic acids is 1. The zero-order chi connectivity index (χ0) is 15.2. The van der Waals surface area contributed by atoms with E-state index in [4.69, 9.17) is 11.6 Å². The molecule has 1 fully saturated rings. The lowest BCUT2D eigenvalue weighted by atomic mass is 10.0. The van der Waals surface area contributed by atoms with Gasteiger partial charge in [0.25, 0.3) is 0 Å². The van der Waals surface area contributed by atoms with Crippen molar-refractivity contribution in [3.05, 3.63) is 28.8 Å². The number of hydrogen-bond donors (Lipinski definition) is 1. The van der Waals surface area contributed by atoms with Crippen molar-refractivity contribution in [2.45, 2.75) is 38.6 Å². The van der Waals surface area contributed by atoms with Gasteiger partial charge < -0.3 is 10.2 Å². The highest BCUT2D eigenvalue weighted by Gasteiger charge is 2.24. The first-order valence-electron chi connectivity index (χ1n) is 7.38. The highest BCUT2D eigenvalue weighted by molar-refractivity contribution is 6.33. The molecule has 1 unspecified atom stereocenters. The number of nitrogens with one attached hydrogen (secondary N) is 1. The number of carbonyl (C=O) groups is 1. The molecule has 1 amide bonds. The maximum atomic E-state index is 11.7. The van der Waals surface area contributed by atoms with Crippen LogP contribution in [0.5, 0.6) is 0 Å². The van der Waals surface area contributed by atoms with Crippen LogP contribution in [0.25, 0.3) is 0 Å². The third kappa shape index (κ3) is 3.89. The third-order valence-corrected chi connectivity index (χ3v) is 3.99. The van der Waals surface area contributed by atoms with Crippen molar-refractivity contribution in [1.29, 1.82) is 5.26 Å². The molecule has 1 aromatic carbocycles. The molecule has 0 radical (unpaired) electrons. The van der Waals surface area contributed by atoms with Crippen molar-refractivity contribution in [2.75, 3.05) is 18.0 Å². The molecular formula is C16H20ClN3O. The summed E-state index contributed by atoms with van der Waals surface area (Å²) in [6, 6.07) is 7.69. The van der Waals surface area contributed by atoms with Crippen LogP contribution in [-0.2, 0) is 4.79 Å². The second-order valence-corrected chi connectivity index (χ2v) is 5.76. The van der Waals surface area contributed by atoms with Crippen LogP contribution in [0, 0.1) is 11.3 Å². The highest BCUT2D eigenvalue weighted by Crippen LogP contribution is 2.31. The van der Waals surface area contributed by atoms with E-state index in [0.717, 1.165) is 31.5 Å². The Morgan fingerprint density at radius 2 is 2.38 bits per heavy atom. The van der Waals surface area contributed by atoms with Gasteiger partial charge in [0, 0.05) is 25.6 Å². The second kappa shape index (κ2) is 7.33. The van der Waals surface area contributed by atoms with Crippen molar-refractivity contribution >= 4 is 23.2 Å². The predicted molar refractivity (Wildman–Crippen MR) is 84.5 cm³/mol. The van der Waals surface area contributed by atoms with Crippen LogP contribution >= 0.6 is 11.6 Å². The maximum Gasteiger partial charge on any atom is 0.220 e. The van der Waals surface area contributed by atoms with Crippen molar-refractivity contribution in [1.82, 2.24) is 5.32 Å². The number of para-hydroxylation sites is 1. The molecule has 2 rings (SSSR count). The third-order valence-electron chi connectivity index (χ3n) is 3.69. The number of halogens is 1. The molecule has 21 heavy (non-hydrogen) atoms. The van der Waals surface area contributed by atoms with E-state index in [1.165, 1.54) is 0 Å². The number of amides is 1. The van der Waals surface area contributed by atoms with Gasteiger partial charge in [-0.2, -0.15) is 5.26 Å². The summed E-state index contributed by atoms with van der Waals surface area (Å²) in [5, 5.41) is 12.9. The summed E-state index contributed by atoms with van der Waals surface area (Å²) in [7, 11) is 0. The fourth-order valence-corrected chi connectivity index (χ4v) is 3.05. The van der Waals surface area contributed by atoms with E-state index in [1.807, 2.05) is 6.92 Å². The average Bonchev–Trinajstić information content (AvgIpc) is 2.47. The number of benzene rings is 1. The number of nitriles is 1. The van der Waals surface area contributed by atoms with Gasteiger partial charge >= 0.3 is 0 Å². The van der Waals surface area contributed by atoms with Crippen molar-refractivity contribution in [3.63, 3.8) is 0 Å². The lowest BCUT2D eigenvalue weighted by Gasteiger charge is -2.35. The molecule has 112 valence electrons. The number of nitrogens with zero attached hydrogens (tertiary/aromatic N) is 2. The summed E-state index contributed by atoms with van der Waals surface area (Å²) in [5.41, 5.74) is 1.37. The van der Waals surface area contributed by atoms with E-state index >= 15 is 0 Å². The number of piperidine rings is 1.